The lowest BCUT2D eigenvalue weighted by atomic mass is 10.1. The van der Waals surface area contributed by atoms with Gasteiger partial charge in [-0.15, -0.1) is 0 Å². The monoisotopic (exact) mass is 187 g/mol. The summed E-state index contributed by atoms with van der Waals surface area (Å²) < 4.78 is 5.75. The topological polar surface area (TPSA) is 12.5 Å². The molecule has 0 aromatic carbocycles. The Morgan fingerprint density at radius 2 is 1.85 bits per heavy atom. The first-order valence-corrected chi connectivity index (χ1v) is 5.34. The first-order chi connectivity index (χ1) is 6.02. The summed E-state index contributed by atoms with van der Waals surface area (Å²) in [6.07, 6.45) is 2.21. The highest BCUT2D eigenvalue weighted by molar-refractivity contribution is 4.70. The van der Waals surface area contributed by atoms with E-state index in [2.05, 4.69) is 39.6 Å². The minimum atomic E-state index is 0.0411. The normalized spacial score (nSPS) is 12.5. The zero-order valence-electron chi connectivity index (χ0n) is 9.89. The van der Waals surface area contributed by atoms with Crippen molar-refractivity contribution in [2.24, 2.45) is 0 Å². The summed E-state index contributed by atoms with van der Waals surface area (Å²) in [5, 5.41) is 0. The van der Waals surface area contributed by atoms with Crippen LogP contribution >= 0.6 is 0 Å². The standard InChI is InChI=1S/C11H25NO/c1-6-10-13-11(3,4)8-9-12(5)7-2/h6-10H2,1-5H3. The third kappa shape index (κ3) is 7.03. The molecule has 80 valence electrons. The first kappa shape index (κ1) is 12.9. The van der Waals surface area contributed by atoms with Gasteiger partial charge in [0.15, 0.2) is 0 Å². The van der Waals surface area contributed by atoms with Crippen molar-refractivity contribution >= 4 is 0 Å². The molecular formula is C11H25NO. The van der Waals surface area contributed by atoms with Crippen LogP contribution in [0.5, 0.6) is 0 Å². The molecule has 0 amide bonds. The van der Waals surface area contributed by atoms with Crippen LogP contribution in [-0.2, 0) is 4.74 Å². The molecule has 0 saturated carbocycles. The van der Waals surface area contributed by atoms with Gasteiger partial charge in [-0.1, -0.05) is 13.8 Å². The van der Waals surface area contributed by atoms with Crippen molar-refractivity contribution in [2.75, 3.05) is 26.7 Å². The molecule has 0 aromatic heterocycles. The largest absolute Gasteiger partial charge is 0.376 e. The average Bonchev–Trinajstić information content (AvgIpc) is 2.11. The number of rotatable bonds is 7. The Kier molecular flexibility index (Phi) is 6.35. The highest BCUT2D eigenvalue weighted by atomic mass is 16.5. The van der Waals surface area contributed by atoms with Crippen molar-refractivity contribution in [2.45, 2.75) is 46.1 Å². The number of hydrogen-bond acceptors (Lipinski definition) is 2. The molecule has 0 aliphatic heterocycles. The van der Waals surface area contributed by atoms with E-state index in [0.717, 1.165) is 32.5 Å². The summed E-state index contributed by atoms with van der Waals surface area (Å²) in [5.41, 5.74) is 0.0411. The van der Waals surface area contributed by atoms with Crippen molar-refractivity contribution < 1.29 is 4.74 Å². The van der Waals surface area contributed by atoms with Crippen LogP contribution < -0.4 is 0 Å². The fraction of sp³-hybridized carbons (Fsp3) is 1.00. The van der Waals surface area contributed by atoms with Crippen molar-refractivity contribution in [3.05, 3.63) is 0 Å². The third-order valence-electron chi connectivity index (χ3n) is 2.33. The van der Waals surface area contributed by atoms with E-state index in [4.69, 9.17) is 4.74 Å². The van der Waals surface area contributed by atoms with E-state index in [0.29, 0.717) is 0 Å². The van der Waals surface area contributed by atoms with Gasteiger partial charge in [0.25, 0.3) is 0 Å². The predicted molar refractivity (Wildman–Crippen MR) is 58.1 cm³/mol. The predicted octanol–water partition coefficient (Wildman–Crippen LogP) is 2.53. The molecule has 0 N–H and O–H groups in total. The molecule has 0 aromatic rings. The molecule has 0 radical (unpaired) electrons. The van der Waals surface area contributed by atoms with Crippen molar-refractivity contribution in [1.29, 1.82) is 0 Å². The molecule has 0 fully saturated rings. The van der Waals surface area contributed by atoms with Gasteiger partial charge in [-0.2, -0.15) is 0 Å². The van der Waals surface area contributed by atoms with Gasteiger partial charge in [-0.05, 0) is 40.3 Å². The molecule has 0 unspecified atom stereocenters. The fourth-order valence-electron chi connectivity index (χ4n) is 1.07. The summed E-state index contributed by atoms with van der Waals surface area (Å²) in [4.78, 5) is 2.32. The molecule has 0 atom stereocenters. The Bertz CT molecular complexity index is 123. The second-order valence-electron chi connectivity index (χ2n) is 4.25. The molecule has 0 bridgehead atoms. The zero-order valence-corrected chi connectivity index (χ0v) is 9.89. The smallest absolute Gasteiger partial charge is 0.0638 e. The quantitative estimate of drug-likeness (QED) is 0.607. The van der Waals surface area contributed by atoms with Crippen LogP contribution in [-0.4, -0.2) is 37.2 Å². The highest BCUT2D eigenvalue weighted by Gasteiger charge is 2.17. The maximum atomic E-state index is 5.75. The third-order valence-corrected chi connectivity index (χ3v) is 2.33. The van der Waals surface area contributed by atoms with Crippen LogP contribution in [0.1, 0.15) is 40.5 Å². The summed E-state index contributed by atoms with van der Waals surface area (Å²) in [6, 6.07) is 0. The van der Waals surface area contributed by atoms with Gasteiger partial charge < -0.3 is 9.64 Å². The van der Waals surface area contributed by atoms with Crippen LogP contribution in [0.15, 0.2) is 0 Å². The minimum Gasteiger partial charge on any atom is -0.376 e. The van der Waals surface area contributed by atoms with E-state index in [1.807, 2.05) is 0 Å². The van der Waals surface area contributed by atoms with Crippen LogP contribution in [0, 0.1) is 0 Å². The molecule has 2 heteroatoms. The van der Waals surface area contributed by atoms with Gasteiger partial charge in [0.05, 0.1) is 5.60 Å². The van der Waals surface area contributed by atoms with Gasteiger partial charge in [-0.3, -0.25) is 0 Å². The maximum Gasteiger partial charge on any atom is 0.0638 e. The van der Waals surface area contributed by atoms with Gasteiger partial charge in [0, 0.05) is 13.2 Å². The lowest BCUT2D eigenvalue weighted by molar-refractivity contribution is -0.0272. The van der Waals surface area contributed by atoms with E-state index in [9.17, 15) is 0 Å². The van der Waals surface area contributed by atoms with Crippen molar-refractivity contribution in [3.63, 3.8) is 0 Å². The highest BCUT2D eigenvalue weighted by Crippen LogP contribution is 2.14. The van der Waals surface area contributed by atoms with Crippen LogP contribution in [0.2, 0.25) is 0 Å². The second kappa shape index (κ2) is 6.39. The Labute approximate surface area is 83.3 Å². The number of hydrogen-bond donors (Lipinski definition) is 0. The van der Waals surface area contributed by atoms with Crippen molar-refractivity contribution in [3.8, 4) is 0 Å². The van der Waals surface area contributed by atoms with E-state index >= 15 is 0 Å². The van der Waals surface area contributed by atoms with Gasteiger partial charge in [0.1, 0.15) is 0 Å². The van der Waals surface area contributed by atoms with Gasteiger partial charge in [0.2, 0.25) is 0 Å². The zero-order chi connectivity index (χ0) is 10.3. The van der Waals surface area contributed by atoms with Crippen LogP contribution in [0.3, 0.4) is 0 Å². The second-order valence-corrected chi connectivity index (χ2v) is 4.25. The molecule has 0 spiro atoms. The summed E-state index contributed by atoms with van der Waals surface area (Å²) in [5.74, 6) is 0. The Morgan fingerprint density at radius 1 is 1.23 bits per heavy atom. The van der Waals surface area contributed by atoms with E-state index in [-0.39, 0.29) is 5.60 Å². The molecule has 0 aliphatic rings. The SMILES string of the molecule is CCCOC(C)(C)CCN(C)CC. The fourth-order valence-corrected chi connectivity index (χ4v) is 1.07. The molecule has 0 saturated heterocycles. The molecule has 0 heterocycles. The molecule has 2 nitrogen and oxygen atoms in total. The van der Waals surface area contributed by atoms with E-state index < -0.39 is 0 Å². The minimum absolute atomic E-state index is 0.0411. The van der Waals surface area contributed by atoms with Crippen LogP contribution in [0.25, 0.3) is 0 Å². The van der Waals surface area contributed by atoms with Gasteiger partial charge in [-0.25, -0.2) is 0 Å². The summed E-state index contributed by atoms with van der Waals surface area (Å²) in [7, 11) is 2.15. The lowest BCUT2D eigenvalue weighted by Crippen LogP contribution is -2.31. The molecule has 0 rings (SSSR count). The van der Waals surface area contributed by atoms with Crippen LogP contribution in [0.4, 0.5) is 0 Å². The Morgan fingerprint density at radius 3 is 2.31 bits per heavy atom. The molecule has 0 aliphatic carbocycles. The number of ether oxygens (including phenoxy) is 1. The van der Waals surface area contributed by atoms with E-state index in [1.54, 1.807) is 0 Å². The average molecular weight is 187 g/mol. The summed E-state index contributed by atoms with van der Waals surface area (Å²) in [6.45, 7) is 11.8. The Balaban J connectivity index is 3.61. The number of nitrogens with zero attached hydrogens (tertiary/aromatic N) is 1. The maximum absolute atomic E-state index is 5.75. The van der Waals surface area contributed by atoms with Gasteiger partial charge >= 0.3 is 0 Å². The van der Waals surface area contributed by atoms with Crippen molar-refractivity contribution in [1.82, 2.24) is 4.90 Å². The van der Waals surface area contributed by atoms with E-state index in [1.165, 1.54) is 0 Å². The molecule has 13 heavy (non-hydrogen) atoms. The Hall–Kier alpha value is -0.0800. The summed E-state index contributed by atoms with van der Waals surface area (Å²) >= 11 is 0. The first-order valence-electron chi connectivity index (χ1n) is 5.34. The molecular weight excluding hydrogens is 162 g/mol. The lowest BCUT2D eigenvalue weighted by Gasteiger charge is -2.27.